The second-order valence-electron chi connectivity index (χ2n) is 5.81. The molecule has 1 heterocycles. The van der Waals surface area contributed by atoms with E-state index in [2.05, 4.69) is 11.0 Å². The molecule has 0 unspecified atom stereocenters. The zero-order valence-corrected chi connectivity index (χ0v) is 14.4. The normalized spacial score (nSPS) is 20.4. The van der Waals surface area contributed by atoms with Crippen molar-refractivity contribution in [1.82, 2.24) is 0 Å². The third kappa shape index (κ3) is 4.23. The Kier molecular flexibility index (Phi) is 5.44. The van der Waals surface area contributed by atoms with E-state index >= 15 is 0 Å². The number of benzene rings is 2. The van der Waals surface area contributed by atoms with Gasteiger partial charge in [0.1, 0.15) is 0 Å². The SMILES string of the molecule is CS(=O)(=O)O.C[C@H]1[C@H](O)CCN1c1ccc(C#N)c2ccccc12. The van der Waals surface area contributed by atoms with E-state index in [1.54, 1.807) is 0 Å². The summed E-state index contributed by atoms with van der Waals surface area (Å²) in [5.74, 6) is 0. The predicted molar refractivity (Wildman–Crippen MR) is 93.6 cm³/mol. The number of aliphatic hydroxyl groups excluding tert-OH is 1. The molecule has 0 spiro atoms. The molecule has 1 fully saturated rings. The quantitative estimate of drug-likeness (QED) is 0.766. The van der Waals surface area contributed by atoms with Crippen molar-refractivity contribution in [2.75, 3.05) is 17.7 Å². The number of fused-ring (bicyclic) bond motifs is 1. The van der Waals surface area contributed by atoms with Gasteiger partial charge >= 0.3 is 0 Å². The van der Waals surface area contributed by atoms with E-state index in [-0.39, 0.29) is 12.1 Å². The molecule has 0 saturated carbocycles. The maximum atomic E-state index is 9.91. The molecule has 128 valence electrons. The van der Waals surface area contributed by atoms with Crippen LogP contribution < -0.4 is 4.90 Å². The topological polar surface area (TPSA) is 102 Å². The number of aliphatic hydroxyl groups is 1. The highest BCUT2D eigenvalue weighted by molar-refractivity contribution is 7.85. The molecular formula is C17H20N2O4S. The highest BCUT2D eigenvalue weighted by Gasteiger charge is 2.30. The highest BCUT2D eigenvalue weighted by Crippen LogP contribution is 2.33. The number of nitriles is 1. The highest BCUT2D eigenvalue weighted by atomic mass is 32.2. The summed E-state index contributed by atoms with van der Waals surface area (Å²) in [6.07, 6.45) is 1.25. The van der Waals surface area contributed by atoms with Gasteiger partial charge < -0.3 is 10.0 Å². The Morgan fingerprint density at radius 2 is 1.79 bits per heavy atom. The molecule has 2 atom stereocenters. The molecule has 3 rings (SSSR count). The van der Waals surface area contributed by atoms with Gasteiger partial charge in [0.05, 0.1) is 30.0 Å². The Labute approximate surface area is 141 Å². The van der Waals surface area contributed by atoms with Crippen LogP contribution in [0.25, 0.3) is 10.8 Å². The van der Waals surface area contributed by atoms with Gasteiger partial charge in [-0.2, -0.15) is 13.7 Å². The van der Waals surface area contributed by atoms with Crippen LogP contribution in [-0.4, -0.2) is 43.0 Å². The molecule has 24 heavy (non-hydrogen) atoms. The Balaban J connectivity index is 0.000000368. The van der Waals surface area contributed by atoms with E-state index < -0.39 is 10.1 Å². The first-order valence-corrected chi connectivity index (χ1v) is 9.36. The summed E-state index contributed by atoms with van der Waals surface area (Å²) >= 11 is 0. The average molecular weight is 348 g/mol. The van der Waals surface area contributed by atoms with Gasteiger partial charge in [0, 0.05) is 23.0 Å². The largest absolute Gasteiger partial charge is 0.391 e. The van der Waals surface area contributed by atoms with E-state index in [1.165, 1.54) is 0 Å². The fraction of sp³-hybridized carbons (Fsp3) is 0.353. The van der Waals surface area contributed by atoms with Gasteiger partial charge in [-0.05, 0) is 25.5 Å². The first kappa shape index (κ1) is 18.2. The van der Waals surface area contributed by atoms with Crippen LogP contribution in [0.15, 0.2) is 36.4 Å². The van der Waals surface area contributed by atoms with Crippen LogP contribution in [0.3, 0.4) is 0 Å². The van der Waals surface area contributed by atoms with Crippen molar-refractivity contribution >= 4 is 26.6 Å². The minimum Gasteiger partial charge on any atom is -0.391 e. The monoisotopic (exact) mass is 348 g/mol. The number of anilines is 1. The van der Waals surface area contributed by atoms with Crippen molar-refractivity contribution in [2.45, 2.75) is 25.5 Å². The standard InChI is InChI=1S/C16H16N2O.CH4O3S/c1-11-16(19)8-9-18(11)15-7-6-12(10-17)13-4-2-3-5-14(13)15;1-5(2,3)4/h2-7,11,16,19H,8-9H2,1H3;1H3,(H,2,3,4)/t11-,16+;/m0./s1. The molecule has 0 bridgehead atoms. The van der Waals surface area contributed by atoms with Crippen molar-refractivity contribution in [3.8, 4) is 6.07 Å². The van der Waals surface area contributed by atoms with Crippen LogP contribution in [0.1, 0.15) is 18.9 Å². The van der Waals surface area contributed by atoms with Crippen LogP contribution in [-0.2, 0) is 10.1 Å². The predicted octanol–water partition coefficient (Wildman–Crippen LogP) is 2.17. The van der Waals surface area contributed by atoms with Gasteiger partial charge in [0.15, 0.2) is 0 Å². The first-order chi connectivity index (χ1) is 11.2. The Morgan fingerprint density at radius 1 is 1.21 bits per heavy atom. The third-order valence-electron chi connectivity index (χ3n) is 4.05. The first-order valence-electron chi connectivity index (χ1n) is 7.51. The molecule has 1 saturated heterocycles. The molecule has 6 nitrogen and oxygen atoms in total. The van der Waals surface area contributed by atoms with E-state index in [4.69, 9.17) is 4.55 Å². The molecule has 0 amide bonds. The maximum Gasteiger partial charge on any atom is 0.261 e. The van der Waals surface area contributed by atoms with Crippen LogP contribution in [0.5, 0.6) is 0 Å². The van der Waals surface area contributed by atoms with Gasteiger partial charge in [0.25, 0.3) is 10.1 Å². The van der Waals surface area contributed by atoms with Crippen LogP contribution in [0.2, 0.25) is 0 Å². The summed E-state index contributed by atoms with van der Waals surface area (Å²) in [5.41, 5.74) is 1.81. The molecular weight excluding hydrogens is 328 g/mol. The van der Waals surface area contributed by atoms with Crippen molar-refractivity contribution in [1.29, 1.82) is 5.26 Å². The van der Waals surface area contributed by atoms with Crippen LogP contribution in [0, 0.1) is 11.3 Å². The average Bonchev–Trinajstić information content (AvgIpc) is 2.84. The third-order valence-corrected chi connectivity index (χ3v) is 4.05. The molecule has 2 aromatic carbocycles. The molecule has 7 heteroatoms. The molecule has 0 radical (unpaired) electrons. The molecule has 0 aliphatic carbocycles. The number of hydrogen-bond donors (Lipinski definition) is 2. The van der Waals surface area contributed by atoms with Gasteiger partial charge in [-0.1, -0.05) is 24.3 Å². The van der Waals surface area contributed by atoms with Crippen LogP contribution >= 0.6 is 0 Å². The van der Waals surface area contributed by atoms with E-state index in [1.807, 2.05) is 43.3 Å². The molecule has 2 N–H and O–H groups in total. The maximum absolute atomic E-state index is 9.91. The molecule has 2 aromatic rings. The van der Waals surface area contributed by atoms with Gasteiger partial charge in [-0.3, -0.25) is 4.55 Å². The van der Waals surface area contributed by atoms with Crippen molar-refractivity contribution in [3.05, 3.63) is 42.0 Å². The number of rotatable bonds is 1. The lowest BCUT2D eigenvalue weighted by molar-refractivity contribution is 0.170. The summed E-state index contributed by atoms with van der Waals surface area (Å²) in [6.45, 7) is 2.91. The van der Waals surface area contributed by atoms with E-state index in [0.29, 0.717) is 11.8 Å². The minimum absolute atomic E-state index is 0.122. The van der Waals surface area contributed by atoms with E-state index in [0.717, 1.165) is 29.4 Å². The van der Waals surface area contributed by atoms with Crippen molar-refractivity contribution < 1.29 is 18.1 Å². The molecule has 0 aromatic heterocycles. The Bertz CT molecular complexity index is 866. The van der Waals surface area contributed by atoms with Crippen molar-refractivity contribution in [2.24, 2.45) is 0 Å². The number of nitrogens with zero attached hydrogens (tertiary/aromatic N) is 2. The lowest BCUT2D eigenvalue weighted by Crippen LogP contribution is -2.32. The second-order valence-corrected chi connectivity index (χ2v) is 7.28. The van der Waals surface area contributed by atoms with Gasteiger partial charge in [-0.15, -0.1) is 0 Å². The summed E-state index contributed by atoms with van der Waals surface area (Å²) in [4.78, 5) is 2.23. The lowest BCUT2D eigenvalue weighted by atomic mass is 10.0. The lowest BCUT2D eigenvalue weighted by Gasteiger charge is -2.26. The summed E-state index contributed by atoms with van der Waals surface area (Å²) in [7, 11) is -3.67. The fourth-order valence-corrected chi connectivity index (χ4v) is 2.89. The summed E-state index contributed by atoms with van der Waals surface area (Å²) in [5, 5.41) is 21.2. The Morgan fingerprint density at radius 3 is 2.29 bits per heavy atom. The zero-order valence-electron chi connectivity index (χ0n) is 13.5. The summed E-state index contributed by atoms with van der Waals surface area (Å²) in [6, 6.07) is 14.2. The molecule has 1 aliphatic rings. The smallest absolute Gasteiger partial charge is 0.261 e. The minimum atomic E-state index is -3.67. The van der Waals surface area contributed by atoms with Gasteiger partial charge in [0.2, 0.25) is 0 Å². The van der Waals surface area contributed by atoms with E-state index in [9.17, 15) is 18.8 Å². The fourth-order valence-electron chi connectivity index (χ4n) is 2.89. The van der Waals surface area contributed by atoms with Crippen molar-refractivity contribution in [3.63, 3.8) is 0 Å². The molecule has 1 aliphatic heterocycles. The zero-order chi connectivity index (χ0) is 17.9. The van der Waals surface area contributed by atoms with Gasteiger partial charge in [-0.25, -0.2) is 0 Å². The Hall–Kier alpha value is -2.14. The summed E-state index contributed by atoms with van der Waals surface area (Å²) < 4.78 is 25.9. The second kappa shape index (κ2) is 7.18. The number of hydrogen-bond acceptors (Lipinski definition) is 5. The van der Waals surface area contributed by atoms with Crippen LogP contribution in [0.4, 0.5) is 5.69 Å².